The van der Waals surface area contributed by atoms with Gasteiger partial charge in [-0.3, -0.25) is 9.20 Å². The maximum atomic E-state index is 10.9. The predicted octanol–water partition coefficient (Wildman–Crippen LogP) is 4.37. The Hall–Kier alpha value is -3.32. The third-order valence-corrected chi connectivity index (χ3v) is 5.41. The summed E-state index contributed by atoms with van der Waals surface area (Å²) in [6.45, 7) is 0. The van der Waals surface area contributed by atoms with Gasteiger partial charge < -0.3 is 14.6 Å². The monoisotopic (exact) mass is 394 g/mol. The number of carbonyl (C=O) groups is 1. The molecule has 0 atom stereocenters. The molecule has 4 aromatic rings. The Labute approximate surface area is 165 Å². The van der Waals surface area contributed by atoms with Crippen LogP contribution in [-0.2, 0) is 11.2 Å². The fourth-order valence-electron chi connectivity index (χ4n) is 3.15. The highest BCUT2D eigenvalue weighted by Gasteiger charge is 2.17. The molecule has 2 heterocycles. The van der Waals surface area contributed by atoms with Gasteiger partial charge in [0.05, 0.1) is 26.3 Å². The Morgan fingerprint density at radius 3 is 2.39 bits per heavy atom. The lowest BCUT2D eigenvalue weighted by Gasteiger charge is -2.14. The quantitative estimate of drug-likeness (QED) is 0.526. The van der Waals surface area contributed by atoms with E-state index in [-0.39, 0.29) is 6.42 Å². The van der Waals surface area contributed by atoms with E-state index in [1.165, 1.54) is 11.3 Å². The number of ether oxygens (including phenoxy) is 2. The Bertz CT molecular complexity index is 1120. The summed E-state index contributed by atoms with van der Waals surface area (Å²) in [5.41, 5.74) is 3.53. The van der Waals surface area contributed by atoms with Gasteiger partial charge in [-0.2, -0.15) is 0 Å². The summed E-state index contributed by atoms with van der Waals surface area (Å²) in [6, 6.07) is 13.8. The van der Waals surface area contributed by atoms with Crippen LogP contribution < -0.4 is 9.47 Å². The van der Waals surface area contributed by atoms with E-state index in [1.54, 1.807) is 20.4 Å². The van der Waals surface area contributed by atoms with Crippen LogP contribution >= 0.6 is 11.3 Å². The summed E-state index contributed by atoms with van der Waals surface area (Å²) in [6.07, 6.45) is 3.66. The molecule has 4 rings (SSSR count). The van der Waals surface area contributed by atoms with E-state index < -0.39 is 5.97 Å². The van der Waals surface area contributed by atoms with Crippen molar-refractivity contribution in [2.45, 2.75) is 6.42 Å². The van der Waals surface area contributed by atoms with E-state index in [1.807, 2.05) is 53.1 Å². The van der Waals surface area contributed by atoms with Crippen molar-refractivity contribution in [2.75, 3.05) is 14.2 Å². The van der Waals surface area contributed by atoms with Gasteiger partial charge in [-0.05, 0) is 17.7 Å². The van der Waals surface area contributed by atoms with Gasteiger partial charge in [0.1, 0.15) is 11.5 Å². The molecule has 0 bridgehead atoms. The maximum absolute atomic E-state index is 10.9. The first-order valence-electron chi connectivity index (χ1n) is 8.60. The zero-order valence-corrected chi connectivity index (χ0v) is 16.2. The molecule has 28 heavy (non-hydrogen) atoms. The van der Waals surface area contributed by atoms with Gasteiger partial charge in [0.2, 0.25) is 0 Å². The average molecular weight is 394 g/mol. The number of hydrogen-bond donors (Lipinski definition) is 1. The normalized spacial score (nSPS) is 10.9. The van der Waals surface area contributed by atoms with Crippen LogP contribution in [0.25, 0.3) is 27.3 Å². The summed E-state index contributed by atoms with van der Waals surface area (Å²) in [7, 11) is 3.27. The number of fused-ring (bicyclic) bond motifs is 1. The van der Waals surface area contributed by atoms with Crippen molar-refractivity contribution < 1.29 is 19.4 Å². The standard InChI is InChI=1S/C21H18N2O4S/c1-26-18-10-16(19(27-2)9-15(18)13-6-4-3-5-7-13)17-12-23-11-14(8-20(24)25)28-21(23)22-17/h3-7,9-12H,8H2,1-2H3,(H,24,25). The number of nitrogens with zero attached hydrogens (tertiary/aromatic N) is 2. The number of imidazole rings is 1. The molecule has 0 aliphatic rings. The van der Waals surface area contributed by atoms with E-state index in [2.05, 4.69) is 4.98 Å². The minimum atomic E-state index is -0.854. The highest BCUT2D eigenvalue weighted by molar-refractivity contribution is 7.17. The number of carboxylic acid groups (broad SMARTS) is 1. The molecule has 0 unspecified atom stereocenters. The average Bonchev–Trinajstić information content (AvgIpc) is 3.25. The third-order valence-electron chi connectivity index (χ3n) is 4.41. The molecule has 0 fully saturated rings. The number of rotatable bonds is 6. The molecule has 0 saturated carbocycles. The Morgan fingerprint density at radius 2 is 1.75 bits per heavy atom. The summed E-state index contributed by atoms with van der Waals surface area (Å²) >= 11 is 1.36. The Morgan fingerprint density at radius 1 is 1.07 bits per heavy atom. The van der Waals surface area contributed by atoms with E-state index in [4.69, 9.17) is 14.6 Å². The molecular formula is C21H18N2O4S. The zero-order valence-electron chi connectivity index (χ0n) is 15.4. The first-order valence-corrected chi connectivity index (χ1v) is 9.41. The van der Waals surface area contributed by atoms with Gasteiger partial charge in [0.25, 0.3) is 0 Å². The van der Waals surface area contributed by atoms with Gasteiger partial charge in [-0.1, -0.05) is 30.3 Å². The third kappa shape index (κ3) is 3.32. The van der Waals surface area contributed by atoms with Gasteiger partial charge >= 0.3 is 5.97 Å². The van der Waals surface area contributed by atoms with Crippen molar-refractivity contribution in [1.29, 1.82) is 0 Å². The van der Waals surface area contributed by atoms with Gasteiger partial charge in [-0.25, -0.2) is 4.98 Å². The van der Waals surface area contributed by atoms with Crippen molar-refractivity contribution in [3.63, 3.8) is 0 Å². The van der Waals surface area contributed by atoms with Crippen LogP contribution in [0.3, 0.4) is 0 Å². The zero-order chi connectivity index (χ0) is 19.7. The largest absolute Gasteiger partial charge is 0.496 e. The van der Waals surface area contributed by atoms with Crippen molar-refractivity contribution >= 4 is 22.3 Å². The van der Waals surface area contributed by atoms with Crippen molar-refractivity contribution in [1.82, 2.24) is 9.38 Å². The molecule has 6 nitrogen and oxygen atoms in total. The van der Waals surface area contributed by atoms with Crippen molar-refractivity contribution in [3.05, 3.63) is 59.7 Å². The number of methoxy groups -OCH3 is 2. The molecular weight excluding hydrogens is 376 g/mol. The molecule has 0 saturated heterocycles. The summed E-state index contributed by atoms with van der Waals surface area (Å²) in [4.78, 5) is 17.0. The minimum Gasteiger partial charge on any atom is -0.496 e. The summed E-state index contributed by atoms with van der Waals surface area (Å²) < 4.78 is 13.1. The van der Waals surface area contributed by atoms with Crippen molar-refractivity contribution in [3.8, 4) is 33.9 Å². The second kappa shape index (κ2) is 7.36. The first kappa shape index (κ1) is 18.1. The molecule has 7 heteroatoms. The molecule has 142 valence electrons. The predicted molar refractivity (Wildman–Crippen MR) is 108 cm³/mol. The second-order valence-corrected chi connectivity index (χ2v) is 7.30. The highest BCUT2D eigenvalue weighted by atomic mass is 32.1. The molecule has 0 aliphatic carbocycles. The minimum absolute atomic E-state index is 0.00766. The van der Waals surface area contributed by atoms with E-state index in [9.17, 15) is 4.79 Å². The van der Waals surface area contributed by atoms with Crippen LogP contribution in [-0.4, -0.2) is 34.7 Å². The lowest BCUT2D eigenvalue weighted by Crippen LogP contribution is -1.97. The van der Waals surface area contributed by atoms with Gasteiger partial charge in [0.15, 0.2) is 4.96 Å². The Kier molecular flexibility index (Phi) is 4.75. The smallest absolute Gasteiger partial charge is 0.308 e. The summed E-state index contributed by atoms with van der Waals surface area (Å²) in [5, 5.41) is 8.95. The Balaban J connectivity index is 1.79. The topological polar surface area (TPSA) is 73.1 Å². The maximum Gasteiger partial charge on any atom is 0.308 e. The molecule has 2 aromatic carbocycles. The summed E-state index contributed by atoms with van der Waals surface area (Å²) in [5.74, 6) is 0.564. The first-order chi connectivity index (χ1) is 13.6. The van der Waals surface area contributed by atoms with Gasteiger partial charge in [-0.15, -0.1) is 11.3 Å². The second-order valence-electron chi connectivity index (χ2n) is 6.20. The number of aliphatic carboxylic acids is 1. The molecule has 2 aromatic heterocycles. The number of carboxylic acids is 1. The van der Waals surface area contributed by atoms with Crippen LogP contribution in [0.1, 0.15) is 4.88 Å². The fraction of sp³-hybridized carbons (Fsp3) is 0.143. The van der Waals surface area contributed by atoms with E-state index in [0.29, 0.717) is 5.75 Å². The lowest BCUT2D eigenvalue weighted by atomic mass is 10.0. The van der Waals surface area contributed by atoms with Gasteiger partial charge in [0, 0.05) is 28.4 Å². The van der Waals surface area contributed by atoms with E-state index >= 15 is 0 Å². The van der Waals surface area contributed by atoms with Crippen LogP contribution in [0, 0.1) is 0 Å². The fourth-order valence-corrected chi connectivity index (χ4v) is 4.10. The van der Waals surface area contributed by atoms with Crippen LogP contribution in [0.5, 0.6) is 11.5 Å². The van der Waals surface area contributed by atoms with Crippen molar-refractivity contribution in [2.24, 2.45) is 0 Å². The number of thiazole rings is 1. The molecule has 0 amide bonds. The molecule has 0 spiro atoms. The van der Waals surface area contributed by atoms with Crippen LogP contribution in [0.2, 0.25) is 0 Å². The molecule has 0 aliphatic heterocycles. The molecule has 0 radical (unpaired) electrons. The van der Waals surface area contributed by atoms with Crippen LogP contribution in [0.4, 0.5) is 0 Å². The highest BCUT2D eigenvalue weighted by Crippen LogP contribution is 2.40. The number of aromatic nitrogens is 2. The molecule has 1 N–H and O–H groups in total. The van der Waals surface area contributed by atoms with E-state index in [0.717, 1.165) is 38.0 Å². The number of benzene rings is 2. The SMILES string of the molecule is COc1cc(-c2cn3cc(CC(=O)O)sc3n2)c(OC)cc1-c1ccccc1. The lowest BCUT2D eigenvalue weighted by molar-refractivity contribution is -0.136. The number of hydrogen-bond acceptors (Lipinski definition) is 5. The van der Waals surface area contributed by atoms with Crippen LogP contribution in [0.15, 0.2) is 54.9 Å².